The molecule has 1 amide bonds. The monoisotopic (exact) mass is 349 g/mol. The maximum absolute atomic E-state index is 12.7. The topological polar surface area (TPSA) is 96.3 Å². The van der Waals surface area contributed by atoms with Gasteiger partial charge < -0.3 is 10.7 Å². The number of hydrogen-bond donors (Lipinski definition) is 2. The molecule has 120 valence electrons. The molecule has 2 heterocycles. The summed E-state index contributed by atoms with van der Waals surface area (Å²) < 4.78 is 26.9. The zero-order valence-corrected chi connectivity index (χ0v) is 14.2. The van der Waals surface area contributed by atoms with Crippen LogP contribution in [0.4, 0.5) is 5.69 Å². The van der Waals surface area contributed by atoms with Gasteiger partial charge in [0.1, 0.15) is 9.90 Å². The number of aryl methyl sites for hydroxylation is 1. The number of amides is 1. The molecule has 0 aliphatic carbocycles. The second kappa shape index (κ2) is 5.39. The number of nitrogens with zero attached hydrogens (tertiary/aromatic N) is 1. The van der Waals surface area contributed by atoms with E-state index in [1.807, 2.05) is 13.0 Å². The van der Waals surface area contributed by atoms with Crippen molar-refractivity contribution >= 4 is 43.9 Å². The zero-order chi connectivity index (χ0) is 16.8. The minimum Gasteiger partial charge on any atom is -0.364 e. The largest absolute Gasteiger partial charge is 0.364 e. The quantitative estimate of drug-likeness (QED) is 0.757. The number of anilines is 1. The Morgan fingerprint density at radius 1 is 1.30 bits per heavy atom. The van der Waals surface area contributed by atoms with Crippen LogP contribution < -0.4 is 10.0 Å². The van der Waals surface area contributed by atoms with Crippen LogP contribution in [0.15, 0.2) is 39.9 Å². The Bertz CT molecular complexity index is 989. The van der Waals surface area contributed by atoms with Crippen molar-refractivity contribution < 1.29 is 13.2 Å². The van der Waals surface area contributed by atoms with Gasteiger partial charge >= 0.3 is 0 Å². The number of nitrogens with two attached hydrogens (primary N) is 1. The van der Waals surface area contributed by atoms with Gasteiger partial charge in [0.25, 0.3) is 15.9 Å². The van der Waals surface area contributed by atoms with Gasteiger partial charge in [-0.25, -0.2) is 8.42 Å². The van der Waals surface area contributed by atoms with E-state index in [1.54, 1.807) is 29.6 Å². The molecule has 0 spiro atoms. The van der Waals surface area contributed by atoms with E-state index in [1.165, 1.54) is 11.4 Å². The molecule has 0 fully saturated rings. The third-order valence-electron chi connectivity index (χ3n) is 3.70. The number of fused-ring (bicyclic) bond motifs is 1. The number of sulfonamides is 1. The standard InChI is InChI=1S/C15H15N3O3S2/c1-9-5-6-12(14-10(9)8-11(17-14)15(16)19)18(2)23(20,21)13-4-3-7-22-13/h3-8,17H,1-2H3,(H2,16,19). The molecule has 6 nitrogen and oxygen atoms in total. The van der Waals surface area contributed by atoms with Crippen molar-refractivity contribution in [3.05, 3.63) is 47.0 Å². The maximum atomic E-state index is 12.7. The molecule has 2 aromatic heterocycles. The zero-order valence-electron chi connectivity index (χ0n) is 12.5. The number of rotatable bonds is 4. The van der Waals surface area contributed by atoms with E-state index < -0.39 is 15.9 Å². The third kappa shape index (κ3) is 2.49. The van der Waals surface area contributed by atoms with E-state index in [4.69, 9.17) is 5.73 Å². The SMILES string of the molecule is Cc1ccc(N(C)S(=O)(=O)c2cccs2)c2[nH]c(C(N)=O)cc12. The number of benzene rings is 1. The molecule has 0 saturated heterocycles. The van der Waals surface area contributed by atoms with Crippen molar-refractivity contribution in [3.8, 4) is 0 Å². The van der Waals surface area contributed by atoms with Crippen molar-refractivity contribution in [3.63, 3.8) is 0 Å². The summed E-state index contributed by atoms with van der Waals surface area (Å²) in [6.07, 6.45) is 0. The number of hydrogen-bond acceptors (Lipinski definition) is 4. The van der Waals surface area contributed by atoms with Gasteiger partial charge in [-0.3, -0.25) is 9.10 Å². The molecule has 0 aliphatic heterocycles. The Morgan fingerprint density at radius 3 is 2.65 bits per heavy atom. The number of aromatic nitrogens is 1. The Hall–Kier alpha value is -2.32. The second-order valence-corrected chi connectivity index (χ2v) is 8.29. The Kier molecular flexibility index (Phi) is 3.65. The van der Waals surface area contributed by atoms with Crippen LogP contribution in [-0.4, -0.2) is 26.4 Å². The van der Waals surface area contributed by atoms with Crippen LogP contribution in [0.1, 0.15) is 16.1 Å². The van der Waals surface area contributed by atoms with Crippen LogP contribution in [0.2, 0.25) is 0 Å². The first-order chi connectivity index (χ1) is 10.8. The van der Waals surface area contributed by atoms with Crippen molar-refractivity contribution in [2.75, 3.05) is 11.4 Å². The number of H-pyrrole nitrogens is 1. The van der Waals surface area contributed by atoms with Gasteiger partial charge in [-0.05, 0) is 36.1 Å². The molecule has 8 heteroatoms. The summed E-state index contributed by atoms with van der Waals surface area (Å²) >= 11 is 1.16. The fourth-order valence-electron chi connectivity index (χ4n) is 2.41. The van der Waals surface area contributed by atoms with Gasteiger partial charge in [-0.1, -0.05) is 12.1 Å². The number of aromatic amines is 1. The number of carbonyl (C=O) groups is 1. The summed E-state index contributed by atoms with van der Waals surface area (Å²) in [5.41, 5.74) is 7.52. The lowest BCUT2D eigenvalue weighted by molar-refractivity contribution is 0.0996. The van der Waals surface area contributed by atoms with Crippen molar-refractivity contribution in [2.45, 2.75) is 11.1 Å². The molecule has 3 N–H and O–H groups in total. The first-order valence-corrected chi connectivity index (χ1v) is 9.09. The number of nitrogens with one attached hydrogen (secondary N) is 1. The first kappa shape index (κ1) is 15.6. The average Bonchev–Trinajstić information content (AvgIpc) is 3.17. The molecule has 0 atom stereocenters. The molecular weight excluding hydrogens is 334 g/mol. The fraction of sp³-hybridized carbons (Fsp3) is 0.133. The van der Waals surface area contributed by atoms with Gasteiger partial charge in [-0.2, -0.15) is 0 Å². The van der Waals surface area contributed by atoms with Crippen molar-refractivity contribution in [1.29, 1.82) is 0 Å². The maximum Gasteiger partial charge on any atom is 0.273 e. The number of primary amides is 1. The summed E-state index contributed by atoms with van der Waals surface area (Å²) in [6.45, 7) is 1.89. The molecular formula is C15H15N3O3S2. The van der Waals surface area contributed by atoms with Gasteiger partial charge in [0.15, 0.2) is 0 Å². The van der Waals surface area contributed by atoms with E-state index in [0.29, 0.717) is 11.2 Å². The van der Waals surface area contributed by atoms with Gasteiger partial charge in [-0.15, -0.1) is 11.3 Å². The van der Waals surface area contributed by atoms with Gasteiger partial charge in [0.2, 0.25) is 0 Å². The van der Waals surface area contributed by atoms with Crippen LogP contribution in [0.5, 0.6) is 0 Å². The molecule has 23 heavy (non-hydrogen) atoms. The minimum absolute atomic E-state index is 0.248. The Labute approximate surface area is 137 Å². The van der Waals surface area contributed by atoms with Gasteiger partial charge in [0.05, 0.1) is 11.2 Å². The van der Waals surface area contributed by atoms with E-state index in [0.717, 1.165) is 22.3 Å². The summed E-state index contributed by atoms with van der Waals surface area (Å²) in [7, 11) is -2.16. The first-order valence-electron chi connectivity index (χ1n) is 6.77. The Morgan fingerprint density at radius 2 is 2.04 bits per heavy atom. The van der Waals surface area contributed by atoms with Crippen LogP contribution in [0.25, 0.3) is 10.9 Å². The smallest absolute Gasteiger partial charge is 0.273 e. The highest BCUT2D eigenvalue weighted by Crippen LogP contribution is 2.32. The molecule has 0 saturated carbocycles. The van der Waals surface area contributed by atoms with Crippen LogP contribution in [-0.2, 0) is 10.0 Å². The predicted octanol–water partition coefficient (Wildman–Crippen LogP) is 2.46. The summed E-state index contributed by atoms with van der Waals surface area (Å²) in [4.78, 5) is 14.3. The lowest BCUT2D eigenvalue weighted by Crippen LogP contribution is -2.26. The molecule has 0 bridgehead atoms. The lowest BCUT2D eigenvalue weighted by atomic mass is 10.1. The molecule has 0 aliphatic rings. The average molecular weight is 349 g/mol. The van der Waals surface area contributed by atoms with Gasteiger partial charge in [0, 0.05) is 12.4 Å². The van der Waals surface area contributed by atoms with Crippen molar-refractivity contribution in [2.24, 2.45) is 5.73 Å². The molecule has 3 rings (SSSR count). The Balaban J connectivity index is 2.20. The normalized spacial score (nSPS) is 11.7. The summed E-state index contributed by atoms with van der Waals surface area (Å²) in [5.74, 6) is -0.588. The highest BCUT2D eigenvalue weighted by atomic mass is 32.2. The number of thiophene rings is 1. The highest BCUT2D eigenvalue weighted by Gasteiger charge is 2.25. The van der Waals surface area contributed by atoms with Crippen LogP contribution >= 0.6 is 11.3 Å². The lowest BCUT2D eigenvalue weighted by Gasteiger charge is -2.19. The van der Waals surface area contributed by atoms with Crippen LogP contribution in [0, 0.1) is 6.92 Å². The van der Waals surface area contributed by atoms with E-state index >= 15 is 0 Å². The predicted molar refractivity (Wildman–Crippen MR) is 91.5 cm³/mol. The molecule has 3 aromatic rings. The molecule has 0 radical (unpaired) electrons. The van der Waals surface area contributed by atoms with Crippen LogP contribution in [0.3, 0.4) is 0 Å². The minimum atomic E-state index is -3.65. The highest BCUT2D eigenvalue weighted by molar-refractivity contribution is 7.94. The molecule has 0 unspecified atom stereocenters. The summed E-state index contributed by atoms with van der Waals surface area (Å²) in [5, 5.41) is 2.48. The van der Waals surface area contributed by atoms with E-state index in [2.05, 4.69) is 4.98 Å². The number of carbonyl (C=O) groups excluding carboxylic acids is 1. The van der Waals surface area contributed by atoms with E-state index in [9.17, 15) is 13.2 Å². The molecule has 1 aromatic carbocycles. The van der Waals surface area contributed by atoms with E-state index in [-0.39, 0.29) is 9.90 Å². The summed E-state index contributed by atoms with van der Waals surface area (Å²) in [6, 6.07) is 8.42. The fourth-order valence-corrected chi connectivity index (χ4v) is 4.78. The van der Waals surface area contributed by atoms with Crippen molar-refractivity contribution in [1.82, 2.24) is 4.98 Å². The third-order valence-corrected chi connectivity index (χ3v) is 6.85. The second-order valence-electron chi connectivity index (χ2n) is 5.14.